The lowest BCUT2D eigenvalue weighted by molar-refractivity contribution is -0.146. The van der Waals surface area contributed by atoms with Crippen molar-refractivity contribution in [3.05, 3.63) is 29.3 Å². The minimum atomic E-state index is -0.662. The van der Waals surface area contributed by atoms with Gasteiger partial charge in [0.25, 0.3) is 0 Å². The van der Waals surface area contributed by atoms with Crippen LogP contribution in [0.4, 0.5) is 0 Å². The third-order valence-electron chi connectivity index (χ3n) is 3.17. The lowest BCUT2D eigenvalue weighted by atomic mass is 9.82. The highest BCUT2D eigenvalue weighted by Crippen LogP contribution is 2.29. The summed E-state index contributed by atoms with van der Waals surface area (Å²) in [5.41, 5.74) is 1.56. The molecule has 18 heavy (non-hydrogen) atoms. The van der Waals surface area contributed by atoms with Crippen molar-refractivity contribution < 1.29 is 19.1 Å². The molecule has 0 N–H and O–H groups in total. The third kappa shape index (κ3) is 2.23. The average Bonchev–Trinajstić information content (AvgIpc) is 2.39. The van der Waals surface area contributed by atoms with Crippen LogP contribution in [0.25, 0.3) is 0 Å². The van der Waals surface area contributed by atoms with Gasteiger partial charge in [0.15, 0.2) is 5.78 Å². The van der Waals surface area contributed by atoms with Crippen LogP contribution in [0, 0.1) is 5.92 Å². The maximum absolute atomic E-state index is 12.2. The fraction of sp³-hybridized carbons (Fsp3) is 0.429. The summed E-state index contributed by atoms with van der Waals surface area (Å²) in [4.78, 5) is 23.9. The van der Waals surface area contributed by atoms with Crippen molar-refractivity contribution in [3.63, 3.8) is 0 Å². The molecule has 0 saturated carbocycles. The van der Waals surface area contributed by atoms with Crippen LogP contribution in [-0.2, 0) is 16.0 Å². The summed E-state index contributed by atoms with van der Waals surface area (Å²) in [7, 11) is 1.55. The van der Waals surface area contributed by atoms with E-state index >= 15 is 0 Å². The maximum atomic E-state index is 12.2. The van der Waals surface area contributed by atoms with Gasteiger partial charge in [-0.1, -0.05) is 6.07 Å². The zero-order chi connectivity index (χ0) is 13.1. The standard InChI is InChI=1S/C14H16O4/c1-3-18-14(16)11-7-5-9-4-6-10(17-2)8-12(9)13(11)15/h4,6,8,11H,3,5,7H2,1-2H3/t11-/m0/s1. The summed E-state index contributed by atoms with van der Waals surface area (Å²) in [5, 5.41) is 0. The lowest BCUT2D eigenvalue weighted by Gasteiger charge is -2.22. The molecule has 1 aliphatic rings. The minimum absolute atomic E-state index is 0.159. The number of hydrogen-bond donors (Lipinski definition) is 0. The Hall–Kier alpha value is -1.84. The van der Waals surface area contributed by atoms with Crippen molar-refractivity contribution in [3.8, 4) is 5.75 Å². The number of hydrogen-bond acceptors (Lipinski definition) is 4. The summed E-state index contributed by atoms with van der Waals surface area (Å²) in [6.07, 6.45) is 1.24. The Morgan fingerprint density at radius 3 is 2.89 bits per heavy atom. The predicted octanol–water partition coefficient (Wildman–Crippen LogP) is 2.00. The van der Waals surface area contributed by atoms with Crippen molar-refractivity contribution in [2.24, 2.45) is 5.92 Å². The molecule has 4 nitrogen and oxygen atoms in total. The Morgan fingerprint density at radius 2 is 2.22 bits per heavy atom. The van der Waals surface area contributed by atoms with Crippen molar-refractivity contribution in [1.82, 2.24) is 0 Å². The molecule has 1 aliphatic carbocycles. The number of ether oxygens (including phenoxy) is 2. The zero-order valence-corrected chi connectivity index (χ0v) is 10.6. The quantitative estimate of drug-likeness (QED) is 0.606. The highest BCUT2D eigenvalue weighted by molar-refractivity contribution is 6.10. The van der Waals surface area contributed by atoms with E-state index in [0.717, 1.165) is 5.56 Å². The fourth-order valence-electron chi connectivity index (χ4n) is 2.22. The van der Waals surface area contributed by atoms with Crippen LogP contribution in [0.1, 0.15) is 29.3 Å². The van der Waals surface area contributed by atoms with E-state index < -0.39 is 11.9 Å². The number of Topliss-reactive ketones (excluding diaryl/α,β-unsaturated/α-hetero) is 1. The van der Waals surface area contributed by atoms with Crippen molar-refractivity contribution in [1.29, 1.82) is 0 Å². The normalized spacial score (nSPS) is 18.1. The SMILES string of the molecule is CCOC(=O)[C@H]1CCc2ccc(OC)cc2C1=O. The van der Waals surface area contributed by atoms with Crippen LogP contribution in [-0.4, -0.2) is 25.5 Å². The number of benzene rings is 1. The molecule has 1 aromatic carbocycles. The van der Waals surface area contributed by atoms with E-state index in [1.165, 1.54) is 0 Å². The van der Waals surface area contributed by atoms with Crippen molar-refractivity contribution >= 4 is 11.8 Å². The molecular weight excluding hydrogens is 232 g/mol. The first-order chi connectivity index (χ1) is 8.67. The third-order valence-corrected chi connectivity index (χ3v) is 3.17. The molecule has 0 aliphatic heterocycles. The second-order valence-electron chi connectivity index (χ2n) is 4.23. The van der Waals surface area contributed by atoms with Gasteiger partial charge in [-0.15, -0.1) is 0 Å². The minimum Gasteiger partial charge on any atom is -0.497 e. The van der Waals surface area contributed by atoms with Gasteiger partial charge in [-0.05, 0) is 37.5 Å². The largest absolute Gasteiger partial charge is 0.497 e. The summed E-state index contributed by atoms with van der Waals surface area (Å²) >= 11 is 0. The second-order valence-corrected chi connectivity index (χ2v) is 4.23. The van der Waals surface area contributed by atoms with Crippen LogP contribution >= 0.6 is 0 Å². The smallest absolute Gasteiger partial charge is 0.316 e. The van der Waals surface area contributed by atoms with E-state index in [1.54, 1.807) is 20.1 Å². The van der Waals surface area contributed by atoms with Gasteiger partial charge in [0.2, 0.25) is 0 Å². The first kappa shape index (κ1) is 12.6. The summed E-state index contributed by atoms with van der Waals surface area (Å²) < 4.78 is 10.0. The zero-order valence-electron chi connectivity index (χ0n) is 10.6. The molecule has 0 spiro atoms. The lowest BCUT2D eigenvalue weighted by Crippen LogP contribution is -2.31. The Labute approximate surface area is 106 Å². The summed E-state index contributed by atoms with van der Waals surface area (Å²) in [6, 6.07) is 5.41. The maximum Gasteiger partial charge on any atom is 0.316 e. The van der Waals surface area contributed by atoms with Gasteiger partial charge >= 0.3 is 5.97 Å². The number of methoxy groups -OCH3 is 1. The topological polar surface area (TPSA) is 52.6 Å². The van der Waals surface area contributed by atoms with Gasteiger partial charge in [0.1, 0.15) is 11.7 Å². The van der Waals surface area contributed by atoms with Gasteiger partial charge in [0.05, 0.1) is 13.7 Å². The number of fused-ring (bicyclic) bond motifs is 1. The highest BCUT2D eigenvalue weighted by atomic mass is 16.5. The number of aryl methyl sites for hydroxylation is 1. The van der Waals surface area contributed by atoms with E-state index in [2.05, 4.69) is 0 Å². The number of carbonyl (C=O) groups is 2. The summed E-state index contributed by atoms with van der Waals surface area (Å²) in [6.45, 7) is 2.04. The molecule has 96 valence electrons. The van der Waals surface area contributed by atoms with Gasteiger partial charge < -0.3 is 9.47 Å². The molecule has 0 fully saturated rings. The number of esters is 1. The van der Waals surface area contributed by atoms with E-state index in [4.69, 9.17) is 9.47 Å². The van der Waals surface area contributed by atoms with Gasteiger partial charge in [-0.3, -0.25) is 9.59 Å². The number of carbonyl (C=O) groups excluding carboxylic acids is 2. The van der Waals surface area contributed by atoms with Crippen LogP contribution in [0.5, 0.6) is 5.75 Å². The molecule has 1 atom stereocenters. The molecule has 0 aromatic heterocycles. The van der Waals surface area contributed by atoms with Crippen molar-refractivity contribution in [2.75, 3.05) is 13.7 Å². The molecule has 0 unspecified atom stereocenters. The van der Waals surface area contributed by atoms with Crippen molar-refractivity contribution in [2.45, 2.75) is 19.8 Å². The predicted molar refractivity (Wildman–Crippen MR) is 65.8 cm³/mol. The van der Waals surface area contributed by atoms with Crippen LogP contribution in [0.15, 0.2) is 18.2 Å². The fourth-order valence-corrected chi connectivity index (χ4v) is 2.22. The van der Waals surface area contributed by atoms with Crippen LogP contribution in [0.2, 0.25) is 0 Å². The summed E-state index contributed by atoms with van der Waals surface area (Å²) in [5.74, 6) is -0.610. The first-order valence-electron chi connectivity index (χ1n) is 6.05. The van der Waals surface area contributed by atoms with E-state index in [1.807, 2.05) is 12.1 Å². The Bertz CT molecular complexity index is 479. The van der Waals surface area contributed by atoms with Gasteiger partial charge in [-0.25, -0.2) is 0 Å². The van der Waals surface area contributed by atoms with Crippen LogP contribution < -0.4 is 4.74 Å². The monoisotopic (exact) mass is 248 g/mol. The highest BCUT2D eigenvalue weighted by Gasteiger charge is 2.33. The molecule has 0 saturated heterocycles. The average molecular weight is 248 g/mol. The Balaban J connectivity index is 2.29. The molecule has 0 bridgehead atoms. The van der Waals surface area contributed by atoms with E-state index in [0.29, 0.717) is 30.8 Å². The first-order valence-corrected chi connectivity index (χ1v) is 6.05. The van der Waals surface area contributed by atoms with Gasteiger partial charge in [-0.2, -0.15) is 0 Å². The molecule has 0 amide bonds. The number of ketones is 1. The number of rotatable bonds is 3. The van der Waals surface area contributed by atoms with Gasteiger partial charge in [0, 0.05) is 5.56 Å². The Morgan fingerprint density at radius 1 is 1.44 bits per heavy atom. The second kappa shape index (κ2) is 5.21. The molecule has 1 aromatic rings. The molecule has 0 heterocycles. The molecule has 4 heteroatoms. The molecule has 0 radical (unpaired) electrons. The molecular formula is C14H16O4. The van der Waals surface area contributed by atoms with E-state index in [9.17, 15) is 9.59 Å². The van der Waals surface area contributed by atoms with E-state index in [-0.39, 0.29) is 5.78 Å². The molecule has 2 rings (SSSR count). The van der Waals surface area contributed by atoms with Crippen LogP contribution in [0.3, 0.4) is 0 Å². The Kier molecular flexibility index (Phi) is 3.65.